The van der Waals surface area contributed by atoms with Crippen LogP contribution in [0, 0.1) is 0 Å². The first-order chi connectivity index (χ1) is 17.6. The first-order valence-electron chi connectivity index (χ1n) is 10.8. The van der Waals surface area contributed by atoms with Crippen LogP contribution in [0.1, 0.15) is 22.8 Å². The van der Waals surface area contributed by atoms with Crippen LogP contribution in [-0.2, 0) is 6.42 Å². The Morgan fingerprint density at radius 1 is 1.08 bits per heavy atom. The summed E-state index contributed by atoms with van der Waals surface area (Å²) in [6.45, 7) is 1.84. The summed E-state index contributed by atoms with van der Waals surface area (Å²) >= 11 is 18.6. The van der Waals surface area contributed by atoms with Crippen LogP contribution in [0.5, 0.6) is 17.2 Å². The van der Waals surface area contributed by atoms with Crippen molar-refractivity contribution < 1.29 is 14.6 Å². The van der Waals surface area contributed by atoms with E-state index in [9.17, 15) is 19.5 Å². The topological polar surface area (TPSA) is 126 Å². The number of H-pyrrole nitrogens is 1. The summed E-state index contributed by atoms with van der Waals surface area (Å²) in [5, 5.41) is 17.6. The SMILES string of the molecule is CC(Cc1ccc(Cl)cc1)NC(=O)c1cc(Oc2c(Cl)cc(-n3ncc(=O)[nH]c3=O)cc2Cl)ccc1O. The first kappa shape index (κ1) is 26.3. The van der Waals surface area contributed by atoms with E-state index in [0.717, 1.165) is 16.4 Å². The van der Waals surface area contributed by atoms with Crippen LogP contribution < -0.4 is 21.3 Å². The van der Waals surface area contributed by atoms with Gasteiger partial charge in [-0.1, -0.05) is 46.9 Å². The molecule has 1 amide bonds. The molecule has 0 fully saturated rings. The van der Waals surface area contributed by atoms with Crippen LogP contribution in [-0.4, -0.2) is 31.8 Å². The van der Waals surface area contributed by atoms with Crippen molar-refractivity contribution in [2.45, 2.75) is 19.4 Å². The maximum atomic E-state index is 12.9. The van der Waals surface area contributed by atoms with Crippen molar-refractivity contribution in [3.63, 3.8) is 0 Å². The second kappa shape index (κ2) is 11.1. The number of aromatic amines is 1. The number of hydrogen-bond acceptors (Lipinski definition) is 6. The zero-order chi connectivity index (χ0) is 26.7. The van der Waals surface area contributed by atoms with Gasteiger partial charge in [0.25, 0.3) is 11.5 Å². The van der Waals surface area contributed by atoms with Crippen LogP contribution in [0.2, 0.25) is 15.1 Å². The molecule has 9 nitrogen and oxygen atoms in total. The van der Waals surface area contributed by atoms with Crippen LogP contribution in [0.25, 0.3) is 5.69 Å². The lowest BCUT2D eigenvalue weighted by atomic mass is 10.1. The quantitative estimate of drug-likeness (QED) is 0.299. The average molecular weight is 562 g/mol. The summed E-state index contributed by atoms with van der Waals surface area (Å²) < 4.78 is 6.72. The molecule has 0 spiro atoms. The Hall–Kier alpha value is -3.79. The van der Waals surface area contributed by atoms with Crippen molar-refractivity contribution in [3.05, 3.63) is 108 Å². The highest BCUT2D eigenvalue weighted by Crippen LogP contribution is 2.39. The largest absolute Gasteiger partial charge is 0.507 e. The number of carbonyl (C=O) groups is 1. The fourth-order valence-corrected chi connectivity index (χ4v) is 4.19. The van der Waals surface area contributed by atoms with Gasteiger partial charge in [-0.3, -0.25) is 14.6 Å². The van der Waals surface area contributed by atoms with Gasteiger partial charge >= 0.3 is 5.69 Å². The molecule has 3 N–H and O–H groups in total. The van der Waals surface area contributed by atoms with E-state index in [-0.39, 0.29) is 44.6 Å². The van der Waals surface area contributed by atoms with E-state index in [1.54, 1.807) is 12.1 Å². The molecule has 3 aromatic carbocycles. The molecule has 0 aliphatic heterocycles. The van der Waals surface area contributed by atoms with E-state index in [1.165, 1.54) is 30.3 Å². The molecule has 4 rings (SSSR count). The van der Waals surface area contributed by atoms with Crippen LogP contribution in [0.3, 0.4) is 0 Å². The number of phenols is 1. The number of carbonyl (C=O) groups excluding carboxylic acids is 1. The van der Waals surface area contributed by atoms with E-state index >= 15 is 0 Å². The molecular formula is C25H19Cl3N4O5. The number of aromatic nitrogens is 3. The summed E-state index contributed by atoms with van der Waals surface area (Å²) in [4.78, 5) is 38.2. The van der Waals surface area contributed by atoms with Crippen LogP contribution in [0.15, 0.2) is 70.4 Å². The Labute approximate surface area is 225 Å². The smallest absolute Gasteiger partial charge is 0.349 e. The summed E-state index contributed by atoms with van der Waals surface area (Å²) in [7, 11) is 0. The zero-order valence-corrected chi connectivity index (χ0v) is 21.4. The fraction of sp³-hybridized carbons (Fsp3) is 0.120. The van der Waals surface area contributed by atoms with E-state index in [0.29, 0.717) is 11.4 Å². The molecule has 0 aliphatic rings. The standard InChI is InChI=1S/C25H19Cl3N4O5/c1-13(8-14-2-4-15(26)5-3-14)30-24(35)18-11-17(6-7-21(18)33)37-23-19(27)9-16(10-20(23)28)32-25(36)31-22(34)12-29-32/h2-7,9-13,33H,8H2,1H3,(H,30,35)(H,31,34,36). The number of halogens is 3. The summed E-state index contributed by atoms with van der Waals surface area (Å²) in [5.74, 6) is -0.498. The lowest BCUT2D eigenvalue weighted by molar-refractivity contribution is 0.0937. The number of ether oxygens (including phenoxy) is 1. The third-order valence-corrected chi connectivity index (χ3v) is 6.02. The summed E-state index contributed by atoms with van der Waals surface area (Å²) in [6, 6.07) is 13.9. The highest BCUT2D eigenvalue weighted by Gasteiger charge is 2.18. The minimum atomic E-state index is -0.771. The maximum absolute atomic E-state index is 12.9. The fourth-order valence-electron chi connectivity index (χ4n) is 3.51. The Bertz CT molecular complexity index is 1560. The second-order valence-corrected chi connectivity index (χ2v) is 9.33. The molecule has 12 heteroatoms. The molecule has 1 aromatic heterocycles. The number of aromatic hydroxyl groups is 1. The van der Waals surface area contributed by atoms with E-state index < -0.39 is 17.2 Å². The van der Waals surface area contributed by atoms with Crippen molar-refractivity contribution >= 4 is 40.7 Å². The summed E-state index contributed by atoms with van der Waals surface area (Å²) in [5.41, 5.74) is -0.236. The third kappa shape index (κ3) is 6.32. The van der Waals surface area contributed by atoms with Gasteiger partial charge in [-0.25, -0.2) is 4.79 Å². The Balaban J connectivity index is 1.53. The second-order valence-electron chi connectivity index (χ2n) is 8.08. The van der Waals surface area contributed by atoms with Crippen LogP contribution >= 0.6 is 34.8 Å². The number of rotatable bonds is 7. The van der Waals surface area contributed by atoms with Crippen molar-refractivity contribution in [2.75, 3.05) is 0 Å². The molecule has 1 unspecified atom stereocenters. The minimum Gasteiger partial charge on any atom is -0.507 e. The minimum absolute atomic E-state index is 0.00619. The van der Waals surface area contributed by atoms with Gasteiger partial charge in [-0.15, -0.1) is 0 Å². The maximum Gasteiger partial charge on any atom is 0.349 e. The van der Waals surface area contributed by atoms with E-state index in [2.05, 4.69) is 15.4 Å². The number of amides is 1. The molecular weight excluding hydrogens is 543 g/mol. The molecule has 0 aliphatic carbocycles. The zero-order valence-electron chi connectivity index (χ0n) is 19.2. The lowest BCUT2D eigenvalue weighted by Gasteiger charge is -2.16. The number of nitrogens with zero attached hydrogens (tertiary/aromatic N) is 2. The van der Waals surface area contributed by atoms with E-state index in [1.807, 2.05) is 19.1 Å². The predicted molar refractivity (Wildman–Crippen MR) is 141 cm³/mol. The van der Waals surface area contributed by atoms with Crippen molar-refractivity contribution in [1.82, 2.24) is 20.1 Å². The molecule has 1 atom stereocenters. The molecule has 190 valence electrons. The molecule has 37 heavy (non-hydrogen) atoms. The highest BCUT2D eigenvalue weighted by molar-refractivity contribution is 6.37. The number of hydrogen-bond donors (Lipinski definition) is 3. The third-order valence-electron chi connectivity index (χ3n) is 5.21. The Kier molecular flexibility index (Phi) is 7.87. The van der Waals surface area contributed by atoms with Gasteiger partial charge in [0.15, 0.2) is 5.75 Å². The number of nitrogens with one attached hydrogen (secondary N) is 2. The van der Waals surface area contributed by atoms with Crippen molar-refractivity contribution in [3.8, 4) is 22.9 Å². The van der Waals surface area contributed by atoms with Gasteiger partial charge in [-0.05, 0) is 61.4 Å². The molecule has 0 bridgehead atoms. The normalized spacial score (nSPS) is 11.7. The van der Waals surface area contributed by atoms with Crippen molar-refractivity contribution in [1.29, 1.82) is 0 Å². The van der Waals surface area contributed by atoms with E-state index in [4.69, 9.17) is 39.5 Å². The summed E-state index contributed by atoms with van der Waals surface area (Å²) in [6.07, 6.45) is 1.50. The highest BCUT2D eigenvalue weighted by atomic mass is 35.5. The molecule has 1 heterocycles. The Morgan fingerprint density at radius 3 is 2.41 bits per heavy atom. The number of benzene rings is 3. The van der Waals surface area contributed by atoms with Gasteiger partial charge in [0.1, 0.15) is 17.7 Å². The molecule has 4 aromatic rings. The number of phenolic OH excluding ortho intramolecular Hbond substituents is 1. The van der Waals surface area contributed by atoms with Gasteiger partial charge in [0.05, 0.1) is 21.3 Å². The molecule has 0 radical (unpaired) electrons. The van der Waals surface area contributed by atoms with Gasteiger partial charge in [0.2, 0.25) is 0 Å². The van der Waals surface area contributed by atoms with Gasteiger partial charge in [0, 0.05) is 11.1 Å². The van der Waals surface area contributed by atoms with Gasteiger partial charge < -0.3 is 15.2 Å². The Morgan fingerprint density at radius 2 is 1.76 bits per heavy atom. The van der Waals surface area contributed by atoms with Crippen LogP contribution in [0.4, 0.5) is 0 Å². The average Bonchev–Trinajstić information content (AvgIpc) is 2.83. The van der Waals surface area contributed by atoms with Crippen molar-refractivity contribution in [2.24, 2.45) is 0 Å². The monoisotopic (exact) mass is 560 g/mol. The molecule has 0 saturated heterocycles. The lowest BCUT2D eigenvalue weighted by Crippen LogP contribution is -2.34. The predicted octanol–water partition coefficient (Wildman–Crippen LogP) is 4.74. The van der Waals surface area contributed by atoms with Gasteiger partial charge in [-0.2, -0.15) is 9.78 Å². The first-order valence-corrected chi connectivity index (χ1v) is 12.0. The molecule has 0 saturated carbocycles.